The molecule has 0 aromatic carbocycles. The van der Waals surface area contributed by atoms with Gasteiger partial charge < -0.3 is 9.47 Å². The van der Waals surface area contributed by atoms with Crippen molar-refractivity contribution in [1.29, 1.82) is 0 Å². The Kier molecular flexibility index (Phi) is 5.84. The van der Waals surface area contributed by atoms with Gasteiger partial charge in [-0.1, -0.05) is 13.8 Å². The summed E-state index contributed by atoms with van der Waals surface area (Å²) < 4.78 is 9.42. The molecule has 11 heavy (non-hydrogen) atoms. The second-order valence-corrected chi connectivity index (χ2v) is 2.84. The molecule has 0 radical (unpaired) electrons. The molecule has 0 N–H and O–H groups in total. The van der Waals surface area contributed by atoms with E-state index >= 15 is 0 Å². The molecule has 66 valence electrons. The van der Waals surface area contributed by atoms with Crippen LogP contribution in [0.5, 0.6) is 0 Å². The third-order valence-electron chi connectivity index (χ3n) is 1.22. The highest BCUT2D eigenvalue weighted by molar-refractivity contribution is 5.70. The van der Waals surface area contributed by atoms with Crippen molar-refractivity contribution in [3.8, 4) is 0 Å². The van der Waals surface area contributed by atoms with Gasteiger partial charge >= 0.3 is 5.97 Å². The lowest BCUT2D eigenvalue weighted by Crippen LogP contribution is -2.12. The fraction of sp³-hybridized carbons (Fsp3) is 0.875. The van der Waals surface area contributed by atoms with E-state index in [1.165, 1.54) is 7.11 Å². The smallest absolute Gasteiger partial charge is 0.332 e. The van der Waals surface area contributed by atoms with Crippen LogP contribution in [0, 0.1) is 5.92 Å². The fourth-order valence-corrected chi connectivity index (χ4v) is 0.568. The molecule has 0 aromatic rings. The molecular weight excluding hydrogens is 144 g/mol. The highest BCUT2D eigenvalue weighted by Gasteiger charge is 2.01. The summed E-state index contributed by atoms with van der Waals surface area (Å²) in [4.78, 5) is 10.7. The molecular formula is C8H16O3. The van der Waals surface area contributed by atoms with Gasteiger partial charge in [0.25, 0.3) is 0 Å². The van der Waals surface area contributed by atoms with Crippen LogP contribution in [0.2, 0.25) is 0 Å². The van der Waals surface area contributed by atoms with E-state index in [1.54, 1.807) is 0 Å². The van der Waals surface area contributed by atoms with Crippen molar-refractivity contribution in [2.45, 2.75) is 20.3 Å². The van der Waals surface area contributed by atoms with Gasteiger partial charge in [-0.25, -0.2) is 4.79 Å². The minimum atomic E-state index is -0.284. The summed E-state index contributed by atoms with van der Waals surface area (Å²) in [5.74, 6) is 0.290. The lowest BCUT2D eigenvalue weighted by atomic mass is 10.1. The zero-order chi connectivity index (χ0) is 8.69. The SMILES string of the molecule is COCC(=O)OCCC(C)C. The second kappa shape index (κ2) is 6.16. The summed E-state index contributed by atoms with van der Waals surface area (Å²) in [7, 11) is 1.48. The van der Waals surface area contributed by atoms with Gasteiger partial charge in [0.05, 0.1) is 6.61 Å². The maximum atomic E-state index is 10.7. The Morgan fingerprint density at radius 3 is 2.55 bits per heavy atom. The molecule has 0 amide bonds. The van der Waals surface area contributed by atoms with Crippen LogP contribution in [0.3, 0.4) is 0 Å². The predicted molar refractivity (Wildman–Crippen MR) is 42.3 cm³/mol. The number of ether oxygens (including phenoxy) is 2. The maximum Gasteiger partial charge on any atom is 0.332 e. The number of hydrogen-bond donors (Lipinski definition) is 0. The first kappa shape index (κ1) is 10.4. The molecule has 0 saturated carbocycles. The Bertz CT molecular complexity index is 110. The molecule has 0 spiro atoms. The van der Waals surface area contributed by atoms with Crippen molar-refractivity contribution < 1.29 is 14.3 Å². The molecule has 3 nitrogen and oxygen atoms in total. The third-order valence-corrected chi connectivity index (χ3v) is 1.22. The number of carbonyl (C=O) groups excluding carboxylic acids is 1. The minimum Gasteiger partial charge on any atom is -0.464 e. The first-order valence-corrected chi connectivity index (χ1v) is 3.81. The van der Waals surface area contributed by atoms with Gasteiger partial charge in [0.15, 0.2) is 0 Å². The summed E-state index contributed by atoms with van der Waals surface area (Å²) >= 11 is 0. The molecule has 0 bridgehead atoms. The van der Waals surface area contributed by atoms with Gasteiger partial charge in [-0.15, -0.1) is 0 Å². The summed E-state index contributed by atoms with van der Waals surface area (Å²) in [6.45, 7) is 4.73. The highest BCUT2D eigenvalue weighted by Crippen LogP contribution is 1.98. The van der Waals surface area contributed by atoms with Crippen molar-refractivity contribution in [2.24, 2.45) is 5.92 Å². The van der Waals surface area contributed by atoms with E-state index in [0.717, 1.165) is 6.42 Å². The lowest BCUT2D eigenvalue weighted by Gasteiger charge is -2.05. The van der Waals surface area contributed by atoms with Crippen LogP contribution in [-0.4, -0.2) is 26.3 Å². The second-order valence-electron chi connectivity index (χ2n) is 2.84. The molecule has 0 atom stereocenters. The third kappa shape index (κ3) is 7.33. The molecule has 0 unspecified atom stereocenters. The first-order valence-electron chi connectivity index (χ1n) is 3.81. The Labute approximate surface area is 67.7 Å². The first-order chi connectivity index (χ1) is 5.16. The van der Waals surface area contributed by atoms with E-state index in [4.69, 9.17) is 4.74 Å². The number of esters is 1. The molecule has 0 saturated heterocycles. The van der Waals surface area contributed by atoms with Gasteiger partial charge in [-0.2, -0.15) is 0 Å². The number of hydrogen-bond acceptors (Lipinski definition) is 3. The number of rotatable bonds is 5. The molecule has 0 aliphatic heterocycles. The monoisotopic (exact) mass is 160 g/mol. The number of carbonyl (C=O) groups is 1. The summed E-state index contributed by atoms with van der Waals surface area (Å²) in [6, 6.07) is 0. The van der Waals surface area contributed by atoms with E-state index in [-0.39, 0.29) is 12.6 Å². The van der Waals surface area contributed by atoms with Crippen molar-refractivity contribution in [3.63, 3.8) is 0 Å². The molecule has 0 aliphatic carbocycles. The normalized spacial score (nSPS) is 10.2. The van der Waals surface area contributed by atoms with E-state index in [9.17, 15) is 4.79 Å². The maximum absolute atomic E-state index is 10.7. The zero-order valence-corrected chi connectivity index (χ0v) is 7.42. The van der Waals surface area contributed by atoms with Crippen LogP contribution >= 0.6 is 0 Å². The Hall–Kier alpha value is -0.570. The van der Waals surface area contributed by atoms with E-state index in [0.29, 0.717) is 12.5 Å². The highest BCUT2D eigenvalue weighted by atomic mass is 16.6. The summed E-state index contributed by atoms with van der Waals surface area (Å²) in [5, 5.41) is 0. The van der Waals surface area contributed by atoms with Gasteiger partial charge in [-0.3, -0.25) is 0 Å². The fourth-order valence-electron chi connectivity index (χ4n) is 0.568. The topological polar surface area (TPSA) is 35.5 Å². The standard InChI is InChI=1S/C8H16O3/c1-7(2)4-5-11-8(9)6-10-3/h7H,4-6H2,1-3H3. The van der Waals surface area contributed by atoms with Crippen molar-refractivity contribution in [1.82, 2.24) is 0 Å². The molecule has 3 heteroatoms. The van der Waals surface area contributed by atoms with Gasteiger partial charge in [0.2, 0.25) is 0 Å². The Balaban J connectivity index is 3.17. The summed E-state index contributed by atoms with van der Waals surface area (Å²) in [5.41, 5.74) is 0. The number of methoxy groups -OCH3 is 1. The zero-order valence-electron chi connectivity index (χ0n) is 7.42. The minimum absolute atomic E-state index is 0.0537. The van der Waals surface area contributed by atoms with Crippen LogP contribution in [0.15, 0.2) is 0 Å². The average Bonchev–Trinajstić information content (AvgIpc) is 1.87. The van der Waals surface area contributed by atoms with Crippen LogP contribution < -0.4 is 0 Å². The largest absolute Gasteiger partial charge is 0.464 e. The molecule has 0 rings (SSSR count). The summed E-state index contributed by atoms with van der Waals surface area (Å²) in [6.07, 6.45) is 0.912. The quantitative estimate of drug-likeness (QED) is 0.567. The Morgan fingerprint density at radius 2 is 2.09 bits per heavy atom. The Morgan fingerprint density at radius 1 is 1.45 bits per heavy atom. The lowest BCUT2D eigenvalue weighted by molar-refractivity contribution is -0.148. The van der Waals surface area contributed by atoms with Gasteiger partial charge in [0.1, 0.15) is 6.61 Å². The van der Waals surface area contributed by atoms with Crippen molar-refractivity contribution in [3.05, 3.63) is 0 Å². The molecule has 0 heterocycles. The van der Waals surface area contributed by atoms with Crippen LogP contribution in [-0.2, 0) is 14.3 Å². The molecule has 0 fully saturated rings. The molecule has 0 aliphatic rings. The molecule has 0 aromatic heterocycles. The van der Waals surface area contributed by atoms with Gasteiger partial charge in [-0.05, 0) is 12.3 Å². The van der Waals surface area contributed by atoms with E-state index in [1.807, 2.05) is 0 Å². The van der Waals surface area contributed by atoms with Crippen LogP contribution in [0.25, 0.3) is 0 Å². The van der Waals surface area contributed by atoms with Crippen molar-refractivity contribution >= 4 is 5.97 Å². The average molecular weight is 160 g/mol. The van der Waals surface area contributed by atoms with Crippen molar-refractivity contribution in [2.75, 3.05) is 20.3 Å². The van der Waals surface area contributed by atoms with Gasteiger partial charge in [0, 0.05) is 7.11 Å². The van der Waals surface area contributed by atoms with E-state index in [2.05, 4.69) is 18.6 Å². The van der Waals surface area contributed by atoms with Crippen LogP contribution in [0.4, 0.5) is 0 Å². The van der Waals surface area contributed by atoms with Crippen LogP contribution in [0.1, 0.15) is 20.3 Å². The predicted octanol–water partition coefficient (Wildman–Crippen LogP) is 1.22. The van der Waals surface area contributed by atoms with E-state index < -0.39 is 0 Å².